The minimum atomic E-state index is 0.117. The Morgan fingerprint density at radius 1 is 0.947 bits per heavy atom. The van der Waals surface area contributed by atoms with Crippen LogP contribution in [0.5, 0.6) is 0 Å². The molecule has 1 aliphatic heterocycles. The highest BCUT2D eigenvalue weighted by Crippen LogP contribution is 2.38. The summed E-state index contributed by atoms with van der Waals surface area (Å²) in [5.74, 6) is 0.655. The molecule has 4 heteroatoms. The summed E-state index contributed by atoms with van der Waals surface area (Å²) in [6, 6.07) is 0. The monoisotopic (exact) mass is 266 g/mol. The van der Waals surface area contributed by atoms with Crippen molar-refractivity contribution in [2.75, 3.05) is 26.2 Å². The molecule has 2 fully saturated rings. The lowest BCUT2D eigenvalue weighted by Gasteiger charge is -2.39. The van der Waals surface area contributed by atoms with Gasteiger partial charge in [-0.05, 0) is 31.1 Å². The molecule has 2 aliphatic rings. The van der Waals surface area contributed by atoms with Gasteiger partial charge in [-0.25, -0.2) is 0 Å². The summed E-state index contributed by atoms with van der Waals surface area (Å²) in [7, 11) is 0. The van der Waals surface area contributed by atoms with E-state index in [4.69, 9.17) is 0 Å². The van der Waals surface area contributed by atoms with Crippen LogP contribution in [0.25, 0.3) is 0 Å². The van der Waals surface area contributed by atoms with E-state index in [1.165, 1.54) is 0 Å². The van der Waals surface area contributed by atoms with Crippen LogP contribution in [0.3, 0.4) is 0 Å². The molecule has 0 bridgehead atoms. The van der Waals surface area contributed by atoms with Gasteiger partial charge in [0.05, 0.1) is 0 Å². The summed E-state index contributed by atoms with van der Waals surface area (Å²) in [5.41, 5.74) is 0.407. The molecule has 1 saturated heterocycles. The maximum Gasteiger partial charge on any atom is 0.225 e. The third-order valence-corrected chi connectivity index (χ3v) is 4.73. The van der Waals surface area contributed by atoms with Gasteiger partial charge < -0.3 is 9.80 Å². The van der Waals surface area contributed by atoms with E-state index in [0.29, 0.717) is 37.5 Å². The lowest BCUT2D eigenvalue weighted by Crippen LogP contribution is -2.51. The zero-order valence-electron chi connectivity index (χ0n) is 12.4. The van der Waals surface area contributed by atoms with Crippen LogP contribution >= 0.6 is 0 Å². The van der Waals surface area contributed by atoms with Gasteiger partial charge in [0, 0.05) is 39.0 Å². The number of piperazine rings is 1. The van der Waals surface area contributed by atoms with Gasteiger partial charge in [-0.15, -0.1) is 0 Å². The Kier molecular flexibility index (Phi) is 4.16. The Morgan fingerprint density at radius 2 is 1.42 bits per heavy atom. The molecule has 2 amide bonds. The van der Waals surface area contributed by atoms with Gasteiger partial charge in [0.1, 0.15) is 0 Å². The molecule has 1 heterocycles. The van der Waals surface area contributed by atoms with E-state index in [-0.39, 0.29) is 11.8 Å². The Labute approximate surface area is 116 Å². The zero-order chi connectivity index (χ0) is 14.0. The van der Waals surface area contributed by atoms with Crippen LogP contribution in [0.4, 0.5) is 0 Å². The van der Waals surface area contributed by atoms with E-state index in [1.54, 1.807) is 6.92 Å². The van der Waals surface area contributed by atoms with Crippen molar-refractivity contribution in [3.05, 3.63) is 0 Å². The summed E-state index contributed by atoms with van der Waals surface area (Å²) in [6.07, 6.45) is 4.35. The maximum absolute atomic E-state index is 12.5. The van der Waals surface area contributed by atoms with Gasteiger partial charge in [-0.2, -0.15) is 0 Å². The number of carbonyl (C=O) groups excluding carboxylic acids is 2. The number of amides is 2. The number of hydrogen-bond donors (Lipinski definition) is 0. The van der Waals surface area contributed by atoms with Crippen LogP contribution in [-0.4, -0.2) is 47.8 Å². The predicted octanol–water partition coefficient (Wildman–Crippen LogP) is 1.89. The first-order valence-corrected chi connectivity index (χ1v) is 7.43. The van der Waals surface area contributed by atoms with Crippen LogP contribution in [0, 0.1) is 11.3 Å². The van der Waals surface area contributed by atoms with Crippen LogP contribution < -0.4 is 0 Å². The Hall–Kier alpha value is -1.06. The first kappa shape index (κ1) is 14.4. The molecule has 0 unspecified atom stereocenters. The fraction of sp³-hybridized carbons (Fsp3) is 0.867. The molecular weight excluding hydrogens is 240 g/mol. The van der Waals surface area contributed by atoms with Gasteiger partial charge >= 0.3 is 0 Å². The molecule has 1 saturated carbocycles. The van der Waals surface area contributed by atoms with Crippen LogP contribution in [0.2, 0.25) is 0 Å². The second-order valence-electron chi connectivity index (χ2n) is 6.77. The van der Waals surface area contributed by atoms with Crippen molar-refractivity contribution in [2.45, 2.75) is 46.5 Å². The summed E-state index contributed by atoms with van der Waals surface area (Å²) in [4.78, 5) is 27.5. The molecule has 1 aliphatic carbocycles. The summed E-state index contributed by atoms with van der Waals surface area (Å²) >= 11 is 0. The third kappa shape index (κ3) is 3.48. The van der Waals surface area contributed by atoms with Crippen LogP contribution in [0.1, 0.15) is 46.5 Å². The molecule has 0 aromatic heterocycles. The molecule has 108 valence electrons. The maximum atomic E-state index is 12.5. The quantitative estimate of drug-likeness (QED) is 0.727. The number of nitrogens with zero attached hydrogens (tertiary/aromatic N) is 2. The Balaban J connectivity index is 1.83. The first-order valence-electron chi connectivity index (χ1n) is 7.43. The van der Waals surface area contributed by atoms with Gasteiger partial charge in [0.15, 0.2) is 0 Å². The Morgan fingerprint density at radius 3 is 1.89 bits per heavy atom. The SMILES string of the molecule is CC(=O)N1CCN(C(=O)C2CCC(C)(C)CC2)CC1. The fourth-order valence-corrected chi connectivity index (χ4v) is 3.15. The Bertz CT molecular complexity index is 347. The second kappa shape index (κ2) is 5.51. The van der Waals surface area contributed by atoms with Crippen LogP contribution in [0.15, 0.2) is 0 Å². The highest BCUT2D eigenvalue weighted by molar-refractivity contribution is 5.79. The van der Waals surface area contributed by atoms with E-state index < -0.39 is 0 Å². The molecule has 0 N–H and O–H groups in total. The van der Waals surface area contributed by atoms with E-state index in [0.717, 1.165) is 25.7 Å². The minimum absolute atomic E-state index is 0.117. The summed E-state index contributed by atoms with van der Waals surface area (Å²) < 4.78 is 0. The molecule has 0 radical (unpaired) electrons. The van der Waals surface area contributed by atoms with E-state index in [2.05, 4.69) is 13.8 Å². The van der Waals surface area contributed by atoms with Gasteiger partial charge in [-0.3, -0.25) is 9.59 Å². The topological polar surface area (TPSA) is 40.6 Å². The fourth-order valence-electron chi connectivity index (χ4n) is 3.15. The predicted molar refractivity (Wildman–Crippen MR) is 74.6 cm³/mol. The van der Waals surface area contributed by atoms with Gasteiger partial charge in [0.2, 0.25) is 11.8 Å². The van der Waals surface area contributed by atoms with Crippen molar-refractivity contribution in [1.29, 1.82) is 0 Å². The number of rotatable bonds is 1. The standard InChI is InChI=1S/C15H26N2O2/c1-12(18)16-8-10-17(11-9-16)14(19)13-4-6-15(2,3)7-5-13/h13H,4-11H2,1-3H3. The summed E-state index contributed by atoms with van der Waals surface area (Å²) in [5, 5.41) is 0. The smallest absolute Gasteiger partial charge is 0.225 e. The van der Waals surface area contributed by atoms with E-state index in [1.807, 2.05) is 9.80 Å². The van der Waals surface area contributed by atoms with Gasteiger partial charge in [-0.1, -0.05) is 13.8 Å². The van der Waals surface area contributed by atoms with E-state index in [9.17, 15) is 9.59 Å². The second-order valence-corrected chi connectivity index (χ2v) is 6.77. The molecule has 19 heavy (non-hydrogen) atoms. The highest BCUT2D eigenvalue weighted by atomic mass is 16.2. The van der Waals surface area contributed by atoms with Crippen molar-refractivity contribution in [3.8, 4) is 0 Å². The molecular formula is C15H26N2O2. The van der Waals surface area contributed by atoms with Crippen molar-refractivity contribution in [2.24, 2.45) is 11.3 Å². The number of hydrogen-bond acceptors (Lipinski definition) is 2. The third-order valence-electron chi connectivity index (χ3n) is 4.73. The molecule has 0 atom stereocenters. The molecule has 0 aromatic carbocycles. The molecule has 0 aromatic rings. The first-order chi connectivity index (χ1) is 8.89. The lowest BCUT2D eigenvalue weighted by atomic mass is 9.73. The normalized spacial score (nSPS) is 24.4. The molecule has 2 rings (SSSR count). The molecule has 0 spiro atoms. The minimum Gasteiger partial charge on any atom is -0.339 e. The number of carbonyl (C=O) groups is 2. The van der Waals surface area contributed by atoms with Crippen molar-refractivity contribution in [1.82, 2.24) is 9.80 Å². The largest absolute Gasteiger partial charge is 0.339 e. The highest BCUT2D eigenvalue weighted by Gasteiger charge is 2.33. The van der Waals surface area contributed by atoms with Crippen molar-refractivity contribution < 1.29 is 9.59 Å². The lowest BCUT2D eigenvalue weighted by molar-refractivity contribution is -0.142. The van der Waals surface area contributed by atoms with Crippen molar-refractivity contribution >= 4 is 11.8 Å². The average Bonchev–Trinajstić information content (AvgIpc) is 2.38. The molecule has 4 nitrogen and oxygen atoms in total. The van der Waals surface area contributed by atoms with Crippen LogP contribution in [-0.2, 0) is 9.59 Å². The average molecular weight is 266 g/mol. The van der Waals surface area contributed by atoms with E-state index >= 15 is 0 Å². The summed E-state index contributed by atoms with van der Waals surface area (Å²) in [6.45, 7) is 8.98. The van der Waals surface area contributed by atoms with Crippen molar-refractivity contribution in [3.63, 3.8) is 0 Å². The zero-order valence-corrected chi connectivity index (χ0v) is 12.4. The van der Waals surface area contributed by atoms with Gasteiger partial charge in [0.25, 0.3) is 0 Å².